The van der Waals surface area contributed by atoms with E-state index in [1.807, 2.05) is 0 Å². The number of hydrogen-bond donors (Lipinski definition) is 0. The fourth-order valence-electron chi connectivity index (χ4n) is 3.68. The number of carbonyl (C=O) groups is 1. The molecule has 0 bridgehead atoms. The van der Waals surface area contributed by atoms with Crippen LogP contribution in [-0.4, -0.2) is 13.1 Å². The molecule has 0 N–H and O–H groups in total. The molecule has 5 rings (SSSR count). The van der Waals surface area contributed by atoms with Gasteiger partial charge in [-0.05, 0) is 42.5 Å². The summed E-state index contributed by atoms with van der Waals surface area (Å²) in [4.78, 5) is 37.6. The average molecular weight is 475 g/mol. The van der Waals surface area contributed by atoms with Crippen molar-refractivity contribution >= 4 is 39.5 Å². The lowest BCUT2D eigenvalue weighted by Gasteiger charge is -2.09. The first kappa shape index (κ1) is 21.5. The summed E-state index contributed by atoms with van der Waals surface area (Å²) in [6.07, 6.45) is 0. The number of halogens is 1. The quantitative estimate of drug-likeness (QED) is 0.194. The molecule has 0 unspecified atom stereocenters. The molecule has 3 aromatic carbocycles. The molecule has 0 saturated heterocycles. The van der Waals surface area contributed by atoms with Gasteiger partial charge in [-0.3, -0.25) is 0 Å². The van der Waals surface area contributed by atoms with Gasteiger partial charge in [0.05, 0.1) is 18.2 Å². The van der Waals surface area contributed by atoms with Gasteiger partial charge in [0.2, 0.25) is 0 Å². The first-order valence-corrected chi connectivity index (χ1v) is 10.5. The second kappa shape index (κ2) is 8.53. The molecule has 2 aromatic heterocycles. The summed E-state index contributed by atoms with van der Waals surface area (Å²) < 4.78 is 21.5. The van der Waals surface area contributed by atoms with Crippen LogP contribution in [0.3, 0.4) is 0 Å². The van der Waals surface area contributed by atoms with Crippen molar-refractivity contribution in [3.63, 3.8) is 0 Å². The van der Waals surface area contributed by atoms with E-state index in [0.29, 0.717) is 32.7 Å². The van der Waals surface area contributed by atoms with Gasteiger partial charge in [0.1, 0.15) is 11.3 Å². The van der Waals surface area contributed by atoms with Crippen molar-refractivity contribution in [3.8, 4) is 22.6 Å². The van der Waals surface area contributed by atoms with Gasteiger partial charge in [0.25, 0.3) is 0 Å². The molecule has 2 heterocycles. The van der Waals surface area contributed by atoms with E-state index in [4.69, 9.17) is 29.9 Å². The Morgan fingerprint density at radius 2 is 1.71 bits per heavy atom. The number of benzene rings is 3. The van der Waals surface area contributed by atoms with Crippen LogP contribution in [-0.2, 0) is 0 Å². The maximum Gasteiger partial charge on any atom is 0.344 e. The second-order valence-corrected chi connectivity index (χ2v) is 7.80. The molecule has 7 nitrogen and oxygen atoms in total. The van der Waals surface area contributed by atoms with Gasteiger partial charge in [-0.25, -0.2) is 14.4 Å². The Labute approximate surface area is 196 Å². The first-order valence-electron chi connectivity index (χ1n) is 10.1. The van der Waals surface area contributed by atoms with Crippen molar-refractivity contribution in [2.24, 2.45) is 0 Å². The Morgan fingerprint density at radius 3 is 2.50 bits per heavy atom. The van der Waals surface area contributed by atoms with Crippen LogP contribution in [0.25, 0.3) is 33.1 Å². The largest absolute Gasteiger partial charge is 0.493 e. The highest BCUT2D eigenvalue weighted by molar-refractivity contribution is 6.30. The molecule has 0 aliphatic heterocycles. The van der Waals surface area contributed by atoms with Crippen LogP contribution < -0.4 is 20.7 Å². The van der Waals surface area contributed by atoms with Crippen LogP contribution in [0.15, 0.2) is 91.2 Å². The van der Waals surface area contributed by atoms with Crippen molar-refractivity contribution in [2.45, 2.75) is 0 Å². The van der Waals surface area contributed by atoms with E-state index in [2.05, 4.69) is 0 Å². The zero-order valence-corrected chi connectivity index (χ0v) is 18.4. The highest BCUT2D eigenvalue weighted by atomic mass is 35.5. The highest BCUT2D eigenvalue weighted by Crippen LogP contribution is 2.32. The molecule has 0 spiro atoms. The summed E-state index contributed by atoms with van der Waals surface area (Å²) in [7, 11) is 1.48. The maximum atomic E-state index is 12.8. The topological polar surface area (TPSA) is 96.0 Å². The average Bonchev–Trinajstić information content (AvgIpc) is 2.82. The molecule has 0 saturated carbocycles. The Hall–Kier alpha value is -4.36. The van der Waals surface area contributed by atoms with Gasteiger partial charge in [0.15, 0.2) is 11.3 Å². The molecule has 8 heteroatoms. The monoisotopic (exact) mass is 474 g/mol. The minimum atomic E-state index is -0.675. The molecule has 168 valence electrons. The third kappa shape index (κ3) is 3.93. The van der Waals surface area contributed by atoms with Gasteiger partial charge in [-0.15, -0.1) is 0 Å². The lowest BCUT2D eigenvalue weighted by molar-refractivity contribution is 0.0735. The van der Waals surface area contributed by atoms with Gasteiger partial charge in [-0.2, -0.15) is 0 Å². The molecule has 0 fully saturated rings. The number of rotatable bonds is 4. The zero-order valence-electron chi connectivity index (χ0n) is 17.7. The van der Waals surface area contributed by atoms with Crippen molar-refractivity contribution in [3.05, 3.63) is 104 Å². The summed E-state index contributed by atoms with van der Waals surface area (Å²) in [5.74, 6) is -0.0396. The number of methoxy groups -OCH3 is 1. The molecule has 0 aliphatic carbocycles. The Kier molecular flexibility index (Phi) is 5.39. The number of esters is 1. The molecule has 5 aromatic rings. The van der Waals surface area contributed by atoms with Crippen LogP contribution >= 0.6 is 11.6 Å². The van der Waals surface area contributed by atoms with E-state index in [1.165, 1.54) is 25.3 Å². The molecule has 34 heavy (non-hydrogen) atoms. The summed E-state index contributed by atoms with van der Waals surface area (Å²) in [5, 5.41) is 1.49. The van der Waals surface area contributed by atoms with E-state index in [0.717, 1.165) is 0 Å². The molecular formula is C26H15ClO7. The van der Waals surface area contributed by atoms with Crippen molar-refractivity contribution in [1.29, 1.82) is 0 Å². The fraction of sp³-hybridized carbons (Fsp3) is 0.0385. The zero-order chi connectivity index (χ0) is 23.8. The number of fused-ring (bicyclic) bond motifs is 2. The Balaban J connectivity index is 1.60. The van der Waals surface area contributed by atoms with E-state index < -0.39 is 17.2 Å². The summed E-state index contributed by atoms with van der Waals surface area (Å²) >= 11 is 5.93. The number of carbonyl (C=O) groups excluding carboxylic acids is 1. The third-order valence-corrected chi connectivity index (χ3v) is 5.46. The van der Waals surface area contributed by atoms with Gasteiger partial charge in [0, 0.05) is 33.5 Å². The van der Waals surface area contributed by atoms with Crippen LogP contribution in [0.5, 0.6) is 11.5 Å². The van der Waals surface area contributed by atoms with E-state index in [1.54, 1.807) is 54.6 Å². The van der Waals surface area contributed by atoms with E-state index in [-0.39, 0.29) is 22.5 Å². The summed E-state index contributed by atoms with van der Waals surface area (Å²) in [6.45, 7) is 0. The Morgan fingerprint density at radius 1 is 0.882 bits per heavy atom. The SMILES string of the molecule is COc1cccc2cc(-c3cc(=O)oc4cc(OC(=O)c5cccc(Cl)c5)ccc34)c(=O)oc12. The molecule has 0 aliphatic rings. The lowest BCUT2D eigenvalue weighted by Crippen LogP contribution is -2.09. The minimum absolute atomic E-state index is 0.143. The molecule has 0 amide bonds. The van der Waals surface area contributed by atoms with Crippen LogP contribution in [0.4, 0.5) is 0 Å². The first-order chi connectivity index (χ1) is 16.4. The summed E-state index contributed by atoms with van der Waals surface area (Å²) in [5.41, 5.74) is -0.0802. The maximum absolute atomic E-state index is 12.8. The number of ether oxygens (including phenoxy) is 2. The molecule has 0 radical (unpaired) electrons. The third-order valence-electron chi connectivity index (χ3n) is 5.22. The Bertz CT molecular complexity index is 1700. The smallest absolute Gasteiger partial charge is 0.344 e. The van der Waals surface area contributed by atoms with Crippen molar-refractivity contribution < 1.29 is 23.1 Å². The molecule has 0 atom stereocenters. The minimum Gasteiger partial charge on any atom is -0.493 e. The predicted molar refractivity (Wildman–Crippen MR) is 127 cm³/mol. The van der Waals surface area contributed by atoms with Gasteiger partial charge < -0.3 is 18.3 Å². The predicted octanol–water partition coefficient (Wildman–Crippen LogP) is 5.45. The normalized spacial score (nSPS) is 11.0. The second-order valence-electron chi connectivity index (χ2n) is 7.36. The van der Waals surface area contributed by atoms with Crippen molar-refractivity contribution in [1.82, 2.24) is 0 Å². The van der Waals surface area contributed by atoms with Gasteiger partial charge in [-0.1, -0.05) is 29.8 Å². The van der Waals surface area contributed by atoms with Crippen molar-refractivity contribution in [2.75, 3.05) is 7.11 Å². The number of hydrogen-bond acceptors (Lipinski definition) is 7. The standard InChI is InChI=1S/C26H15ClO7/c1-31-21-7-3-4-14-11-20(26(30)34-24(14)21)19-13-23(28)33-22-12-17(8-9-18(19)22)32-25(29)15-5-2-6-16(27)10-15/h2-13H,1H3. The van der Waals surface area contributed by atoms with Crippen LogP contribution in [0, 0.1) is 0 Å². The van der Waals surface area contributed by atoms with E-state index >= 15 is 0 Å². The summed E-state index contributed by atoms with van der Waals surface area (Å²) in [6, 6.07) is 19.0. The fourth-order valence-corrected chi connectivity index (χ4v) is 3.87. The highest BCUT2D eigenvalue weighted by Gasteiger charge is 2.17. The van der Waals surface area contributed by atoms with Gasteiger partial charge >= 0.3 is 17.2 Å². The van der Waals surface area contributed by atoms with Crippen LogP contribution in [0.1, 0.15) is 10.4 Å². The number of para-hydroxylation sites is 1. The van der Waals surface area contributed by atoms with E-state index in [9.17, 15) is 14.4 Å². The molecular weight excluding hydrogens is 460 g/mol. The lowest BCUT2D eigenvalue weighted by atomic mass is 10.0. The van der Waals surface area contributed by atoms with Crippen LogP contribution in [0.2, 0.25) is 5.02 Å².